The molecule has 9 rings (SSSR count). The van der Waals surface area contributed by atoms with E-state index in [2.05, 4.69) is 147 Å². The summed E-state index contributed by atoms with van der Waals surface area (Å²) in [5, 5.41) is 8.83. The summed E-state index contributed by atoms with van der Waals surface area (Å²) >= 11 is 0. The van der Waals surface area contributed by atoms with Crippen LogP contribution in [0.4, 0.5) is 0 Å². The van der Waals surface area contributed by atoms with E-state index in [1.165, 1.54) is 76.6 Å². The molecule has 0 amide bonds. The lowest BCUT2D eigenvalue weighted by Crippen LogP contribution is -2.16. The van der Waals surface area contributed by atoms with Crippen molar-refractivity contribution in [3.05, 3.63) is 145 Å². The van der Waals surface area contributed by atoms with Gasteiger partial charge in [-0.25, -0.2) is 0 Å². The van der Waals surface area contributed by atoms with Gasteiger partial charge in [0.1, 0.15) is 11.3 Å². The molecule has 0 radical (unpaired) electrons. The summed E-state index contributed by atoms with van der Waals surface area (Å²) in [4.78, 5) is 0. The van der Waals surface area contributed by atoms with E-state index in [1.807, 2.05) is 0 Å². The molecular formula is C41H28O. The second kappa shape index (κ2) is 8.44. The first-order chi connectivity index (χ1) is 20.6. The SMILES string of the molecule is CC1(C)c2c(cccc2-c2c3ccccc3c(-c3ccc4ccccc4c3)c3ccccc23)-c2oc3ccccc3c21. The average Bonchev–Trinajstić information content (AvgIpc) is 3.53. The Bertz CT molecular complexity index is 2330. The zero-order chi connectivity index (χ0) is 28.0. The fourth-order valence-electron chi connectivity index (χ4n) is 7.68. The number of furan rings is 1. The average molecular weight is 537 g/mol. The van der Waals surface area contributed by atoms with Gasteiger partial charge in [-0.2, -0.15) is 0 Å². The highest BCUT2D eigenvalue weighted by Crippen LogP contribution is 2.57. The van der Waals surface area contributed by atoms with Crippen molar-refractivity contribution in [1.82, 2.24) is 0 Å². The molecule has 1 nitrogen and oxygen atoms in total. The number of benzene rings is 7. The Labute approximate surface area is 244 Å². The third-order valence-corrected chi connectivity index (χ3v) is 9.39. The molecule has 198 valence electrons. The number of rotatable bonds is 2. The van der Waals surface area contributed by atoms with Gasteiger partial charge in [0.15, 0.2) is 0 Å². The van der Waals surface area contributed by atoms with Crippen LogP contribution in [0.25, 0.3) is 76.9 Å². The molecule has 0 bridgehead atoms. The van der Waals surface area contributed by atoms with Gasteiger partial charge in [-0.1, -0.05) is 135 Å². The highest BCUT2D eigenvalue weighted by molar-refractivity contribution is 6.22. The second-order valence-corrected chi connectivity index (χ2v) is 12.1. The van der Waals surface area contributed by atoms with Gasteiger partial charge in [0.05, 0.1) is 0 Å². The summed E-state index contributed by atoms with van der Waals surface area (Å²) in [6.07, 6.45) is 0. The predicted octanol–water partition coefficient (Wildman–Crippen LogP) is 11.5. The molecule has 0 aliphatic heterocycles. The molecule has 0 saturated carbocycles. The van der Waals surface area contributed by atoms with Crippen molar-refractivity contribution in [1.29, 1.82) is 0 Å². The molecule has 0 unspecified atom stereocenters. The topological polar surface area (TPSA) is 13.1 Å². The van der Waals surface area contributed by atoms with E-state index in [0.717, 1.165) is 11.3 Å². The molecule has 0 fully saturated rings. The van der Waals surface area contributed by atoms with Gasteiger partial charge in [0.25, 0.3) is 0 Å². The predicted molar refractivity (Wildman–Crippen MR) is 177 cm³/mol. The minimum atomic E-state index is -0.215. The lowest BCUT2D eigenvalue weighted by Gasteiger charge is -2.26. The van der Waals surface area contributed by atoms with Gasteiger partial charge in [-0.05, 0) is 72.3 Å². The van der Waals surface area contributed by atoms with Crippen LogP contribution in [0.5, 0.6) is 0 Å². The molecule has 0 spiro atoms. The van der Waals surface area contributed by atoms with Crippen molar-refractivity contribution in [2.75, 3.05) is 0 Å². The summed E-state index contributed by atoms with van der Waals surface area (Å²) < 4.78 is 6.55. The molecule has 1 aliphatic rings. The Morgan fingerprint density at radius 2 is 1.02 bits per heavy atom. The van der Waals surface area contributed by atoms with E-state index < -0.39 is 0 Å². The van der Waals surface area contributed by atoms with Crippen molar-refractivity contribution in [3.63, 3.8) is 0 Å². The molecule has 42 heavy (non-hydrogen) atoms. The van der Waals surface area contributed by atoms with Crippen LogP contribution >= 0.6 is 0 Å². The van der Waals surface area contributed by atoms with Gasteiger partial charge in [0, 0.05) is 21.9 Å². The van der Waals surface area contributed by atoms with Gasteiger partial charge in [-0.3, -0.25) is 0 Å². The van der Waals surface area contributed by atoms with E-state index in [0.29, 0.717) is 0 Å². The Hall–Kier alpha value is -5.14. The number of hydrogen-bond acceptors (Lipinski definition) is 1. The van der Waals surface area contributed by atoms with Crippen LogP contribution < -0.4 is 0 Å². The van der Waals surface area contributed by atoms with Crippen molar-refractivity contribution >= 4 is 43.3 Å². The minimum Gasteiger partial charge on any atom is -0.456 e. The molecule has 1 heterocycles. The summed E-state index contributed by atoms with van der Waals surface area (Å²) in [7, 11) is 0. The minimum absolute atomic E-state index is 0.215. The van der Waals surface area contributed by atoms with E-state index in [4.69, 9.17) is 4.42 Å². The molecule has 0 N–H and O–H groups in total. The molecule has 7 aromatic carbocycles. The monoisotopic (exact) mass is 536 g/mol. The maximum absolute atomic E-state index is 6.55. The van der Waals surface area contributed by atoms with E-state index in [-0.39, 0.29) is 5.41 Å². The molecule has 1 heteroatoms. The Kier molecular flexibility index (Phi) is 4.73. The van der Waals surface area contributed by atoms with Crippen LogP contribution in [0.1, 0.15) is 25.0 Å². The molecule has 1 aromatic heterocycles. The Balaban J connectivity index is 1.39. The number of para-hydroxylation sites is 1. The van der Waals surface area contributed by atoms with Gasteiger partial charge in [0.2, 0.25) is 0 Å². The summed E-state index contributed by atoms with van der Waals surface area (Å²) in [6.45, 7) is 4.72. The van der Waals surface area contributed by atoms with Crippen LogP contribution in [-0.2, 0) is 5.41 Å². The fourth-order valence-corrected chi connectivity index (χ4v) is 7.68. The van der Waals surface area contributed by atoms with Crippen LogP contribution in [-0.4, -0.2) is 0 Å². The zero-order valence-electron chi connectivity index (χ0n) is 23.6. The maximum atomic E-state index is 6.55. The van der Waals surface area contributed by atoms with Crippen molar-refractivity contribution in [2.24, 2.45) is 0 Å². The summed E-state index contributed by atoms with van der Waals surface area (Å²) in [6, 6.07) is 48.6. The molecule has 8 aromatic rings. The van der Waals surface area contributed by atoms with Gasteiger partial charge >= 0.3 is 0 Å². The summed E-state index contributed by atoms with van der Waals surface area (Å²) in [5.41, 5.74) is 9.71. The molecule has 1 aliphatic carbocycles. The third-order valence-electron chi connectivity index (χ3n) is 9.39. The lowest BCUT2D eigenvalue weighted by molar-refractivity contribution is 0.619. The van der Waals surface area contributed by atoms with Crippen molar-refractivity contribution < 1.29 is 4.42 Å². The largest absolute Gasteiger partial charge is 0.456 e. The van der Waals surface area contributed by atoms with Crippen LogP contribution in [0.15, 0.2) is 138 Å². The van der Waals surface area contributed by atoms with Crippen LogP contribution in [0, 0.1) is 0 Å². The first-order valence-corrected chi connectivity index (χ1v) is 14.7. The van der Waals surface area contributed by atoms with Gasteiger partial charge < -0.3 is 4.42 Å². The maximum Gasteiger partial charge on any atom is 0.139 e. The summed E-state index contributed by atoms with van der Waals surface area (Å²) in [5.74, 6) is 1.01. The third kappa shape index (κ3) is 3.08. The number of fused-ring (bicyclic) bond motifs is 8. The molecule has 0 atom stereocenters. The van der Waals surface area contributed by atoms with E-state index >= 15 is 0 Å². The number of hydrogen-bond donors (Lipinski definition) is 0. The Morgan fingerprint density at radius 3 is 1.74 bits per heavy atom. The first-order valence-electron chi connectivity index (χ1n) is 14.7. The Morgan fingerprint density at radius 1 is 0.452 bits per heavy atom. The zero-order valence-corrected chi connectivity index (χ0v) is 23.6. The highest BCUT2D eigenvalue weighted by atomic mass is 16.3. The molecular weight excluding hydrogens is 508 g/mol. The lowest BCUT2D eigenvalue weighted by atomic mass is 9.76. The van der Waals surface area contributed by atoms with Crippen LogP contribution in [0.3, 0.4) is 0 Å². The highest BCUT2D eigenvalue weighted by Gasteiger charge is 2.42. The smallest absolute Gasteiger partial charge is 0.139 e. The van der Waals surface area contributed by atoms with Crippen molar-refractivity contribution in [3.8, 4) is 33.6 Å². The quantitative estimate of drug-likeness (QED) is 0.200. The van der Waals surface area contributed by atoms with E-state index in [1.54, 1.807) is 0 Å². The fraction of sp³-hybridized carbons (Fsp3) is 0.0732. The first kappa shape index (κ1) is 23.6. The normalized spacial score (nSPS) is 13.7. The van der Waals surface area contributed by atoms with Crippen molar-refractivity contribution in [2.45, 2.75) is 19.3 Å². The standard InChI is InChI=1S/C41H28O/c1-41(2)38-33(19-11-20-34(38)40-39(41)32-18-9-10-21-35(32)42-40)37-30-16-7-5-14-28(30)36(29-15-6-8-17-31(29)37)27-23-22-25-12-3-4-13-26(25)24-27/h3-24H,1-2H3. The molecule has 0 saturated heterocycles. The van der Waals surface area contributed by atoms with Crippen LogP contribution in [0.2, 0.25) is 0 Å². The van der Waals surface area contributed by atoms with Gasteiger partial charge in [-0.15, -0.1) is 0 Å². The van der Waals surface area contributed by atoms with E-state index in [9.17, 15) is 0 Å². The second-order valence-electron chi connectivity index (χ2n) is 12.1.